The van der Waals surface area contributed by atoms with Crippen molar-refractivity contribution in [1.29, 1.82) is 0 Å². The van der Waals surface area contributed by atoms with E-state index in [1.54, 1.807) is 0 Å². The average molecular weight is 327 g/mol. The lowest BCUT2D eigenvalue weighted by molar-refractivity contribution is 0.245. The number of pyridine rings is 1. The molecule has 0 amide bonds. The molecule has 128 valence electrons. The Morgan fingerprint density at radius 3 is 2.79 bits per heavy atom. The Labute approximate surface area is 142 Å². The minimum Gasteiger partial charge on any atom is -0.339 e. The topological polar surface area (TPSA) is 58.3 Å². The van der Waals surface area contributed by atoms with Crippen LogP contribution in [0.25, 0.3) is 0 Å². The van der Waals surface area contributed by atoms with E-state index in [0.717, 1.165) is 57.4 Å². The first-order chi connectivity index (χ1) is 11.9. The highest BCUT2D eigenvalue weighted by Gasteiger charge is 2.29. The largest absolute Gasteiger partial charge is 0.339 e. The number of rotatable bonds is 6. The summed E-state index contributed by atoms with van der Waals surface area (Å²) in [5.41, 5.74) is 1.18. The van der Waals surface area contributed by atoms with Gasteiger partial charge in [0.2, 0.25) is 5.89 Å². The zero-order valence-electron chi connectivity index (χ0n) is 14.1. The van der Waals surface area contributed by atoms with Gasteiger partial charge in [0.1, 0.15) is 0 Å². The van der Waals surface area contributed by atoms with Crippen molar-refractivity contribution in [2.24, 2.45) is 0 Å². The second-order valence-corrected chi connectivity index (χ2v) is 6.87. The fraction of sp³-hybridized carbons (Fsp3) is 0.611. The Hall–Kier alpha value is -1.79. The van der Waals surface area contributed by atoms with Crippen molar-refractivity contribution in [3.63, 3.8) is 0 Å². The number of nitrogens with zero attached hydrogens (tertiary/aromatic N) is 5. The maximum Gasteiger partial charge on any atom is 0.229 e. The second kappa shape index (κ2) is 7.40. The predicted molar refractivity (Wildman–Crippen MR) is 90.5 cm³/mol. The Morgan fingerprint density at radius 1 is 1.08 bits per heavy atom. The van der Waals surface area contributed by atoms with E-state index in [0.29, 0.717) is 5.92 Å². The Balaban J connectivity index is 1.24. The van der Waals surface area contributed by atoms with Crippen molar-refractivity contribution in [3.05, 3.63) is 41.8 Å². The number of hydrogen-bond donors (Lipinski definition) is 0. The van der Waals surface area contributed by atoms with E-state index in [1.807, 2.05) is 12.3 Å². The minimum absolute atomic E-state index is 0.539. The fourth-order valence-corrected chi connectivity index (χ4v) is 3.25. The first-order valence-electron chi connectivity index (χ1n) is 9.04. The van der Waals surface area contributed by atoms with Crippen LogP contribution in [0.3, 0.4) is 0 Å². The highest BCUT2D eigenvalue weighted by atomic mass is 16.5. The van der Waals surface area contributed by atoms with Gasteiger partial charge in [0.15, 0.2) is 5.82 Å². The molecule has 0 atom stereocenters. The molecule has 0 unspecified atom stereocenters. The lowest BCUT2D eigenvalue weighted by Gasteiger charge is -2.20. The third-order valence-electron chi connectivity index (χ3n) is 4.87. The fourth-order valence-electron chi connectivity index (χ4n) is 3.25. The molecule has 4 rings (SSSR count). The predicted octanol–water partition coefficient (Wildman–Crippen LogP) is 2.09. The second-order valence-electron chi connectivity index (χ2n) is 6.87. The van der Waals surface area contributed by atoms with Crippen LogP contribution in [0.2, 0.25) is 0 Å². The molecule has 0 spiro atoms. The molecule has 1 aliphatic carbocycles. The maximum atomic E-state index is 5.36. The molecule has 24 heavy (non-hydrogen) atoms. The van der Waals surface area contributed by atoms with Gasteiger partial charge < -0.3 is 9.42 Å². The van der Waals surface area contributed by atoms with Gasteiger partial charge in [-0.25, -0.2) is 0 Å². The van der Waals surface area contributed by atoms with Crippen LogP contribution in [-0.2, 0) is 13.0 Å². The highest BCUT2D eigenvalue weighted by Crippen LogP contribution is 2.38. The summed E-state index contributed by atoms with van der Waals surface area (Å²) in [7, 11) is 0. The van der Waals surface area contributed by atoms with Crippen LogP contribution in [0.4, 0.5) is 0 Å². The van der Waals surface area contributed by atoms with Crippen LogP contribution in [-0.4, -0.2) is 57.6 Å². The van der Waals surface area contributed by atoms with Gasteiger partial charge in [0.05, 0.1) is 6.54 Å². The van der Waals surface area contributed by atoms with Gasteiger partial charge >= 0.3 is 0 Å². The van der Waals surface area contributed by atoms with E-state index >= 15 is 0 Å². The van der Waals surface area contributed by atoms with Crippen LogP contribution in [0.5, 0.6) is 0 Å². The van der Waals surface area contributed by atoms with Crippen LogP contribution in [0.15, 0.2) is 28.9 Å². The molecule has 6 heteroatoms. The van der Waals surface area contributed by atoms with Crippen molar-refractivity contribution >= 4 is 0 Å². The van der Waals surface area contributed by atoms with Crippen LogP contribution in [0, 0.1) is 0 Å². The van der Waals surface area contributed by atoms with E-state index in [1.165, 1.54) is 25.0 Å². The van der Waals surface area contributed by atoms with Gasteiger partial charge in [0.25, 0.3) is 0 Å². The monoisotopic (exact) mass is 327 g/mol. The van der Waals surface area contributed by atoms with Gasteiger partial charge in [0, 0.05) is 43.9 Å². The molecule has 2 aromatic rings. The summed E-state index contributed by atoms with van der Waals surface area (Å²) in [5.74, 6) is 2.23. The summed E-state index contributed by atoms with van der Waals surface area (Å²) in [6.07, 6.45) is 6.50. The zero-order valence-corrected chi connectivity index (χ0v) is 14.1. The normalized spacial score (nSPS) is 20.2. The first-order valence-corrected chi connectivity index (χ1v) is 9.04. The van der Waals surface area contributed by atoms with Crippen molar-refractivity contribution in [2.45, 2.75) is 38.1 Å². The van der Waals surface area contributed by atoms with Crippen LogP contribution < -0.4 is 0 Å². The first kappa shape index (κ1) is 15.7. The average Bonchev–Trinajstić information content (AvgIpc) is 3.40. The van der Waals surface area contributed by atoms with Gasteiger partial charge in [-0.1, -0.05) is 11.2 Å². The smallest absolute Gasteiger partial charge is 0.229 e. The molecule has 3 heterocycles. The van der Waals surface area contributed by atoms with Crippen molar-refractivity contribution in [2.75, 3.05) is 32.7 Å². The lowest BCUT2D eigenvalue weighted by atomic mass is 10.2. The molecule has 1 saturated carbocycles. The summed E-state index contributed by atoms with van der Waals surface area (Å²) in [4.78, 5) is 14.0. The van der Waals surface area contributed by atoms with E-state index in [4.69, 9.17) is 4.52 Å². The summed E-state index contributed by atoms with van der Waals surface area (Å²) >= 11 is 0. The van der Waals surface area contributed by atoms with Crippen molar-refractivity contribution < 1.29 is 4.52 Å². The number of hydrogen-bond acceptors (Lipinski definition) is 6. The molecule has 6 nitrogen and oxygen atoms in total. The summed E-state index contributed by atoms with van der Waals surface area (Å²) in [5, 5.41) is 4.15. The lowest BCUT2D eigenvalue weighted by Crippen LogP contribution is -2.32. The van der Waals surface area contributed by atoms with Gasteiger partial charge in [-0.05, 0) is 44.5 Å². The highest BCUT2D eigenvalue weighted by molar-refractivity contribution is 5.04. The SMILES string of the molecule is c1ccc(CCN2CCCN(Cc3noc(C4CC4)n3)CC2)nc1. The molecule has 0 aromatic carbocycles. The Bertz CT molecular complexity index is 640. The van der Waals surface area contributed by atoms with Crippen molar-refractivity contribution in [3.8, 4) is 0 Å². The quantitative estimate of drug-likeness (QED) is 0.810. The molecule has 2 aliphatic rings. The summed E-state index contributed by atoms with van der Waals surface area (Å²) < 4.78 is 5.36. The molecule has 1 aliphatic heterocycles. The standard InChI is InChI=1S/C18H25N5O/c1-2-8-19-16(4-1)7-11-22-9-3-10-23(13-12-22)14-17-20-18(24-21-17)15-5-6-15/h1-2,4,8,15H,3,5-7,9-14H2. The molecular formula is C18H25N5O. The third kappa shape index (κ3) is 4.19. The van der Waals surface area contributed by atoms with Crippen LogP contribution in [0.1, 0.15) is 42.6 Å². The summed E-state index contributed by atoms with van der Waals surface area (Å²) in [6, 6.07) is 6.14. The molecule has 2 fully saturated rings. The van der Waals surface area contributed by atoms with Crippen LogP contribution >= 0.6 is 0 Å². The molecular weight excluding hydrogens is 302 g/mol. The molecule has 0 bridgehead atoms. The minimum atomic E-state index is 0.539. The molecule has 1 saturated heterocycles. The maximum absolute atomic E-state index is 5.36. The summed E-state index contributed by atoms with van der Waals surface area (Å²) in [6.45, 7) is 6.31. The van der Waals surface area contributed by atoms with E-state index in [2.05, 4.69) is 37.1 Å². The molecule has 2 aromatic heterocycles. The van der Waals surface area contributed by atoms with E-state index in [-0.39, 0.29) is 0 Å². The van der Waals surface area contributed by atoms with Gasteiger partial charge in [-0.2, -0.15) is 4.98 Å². The Kier molecular flexibility index (Phi) is 4.85. The van der Waals surface area contributed by atoms with Gasteiger partial charge in [-0.15, -0.1) is 0 Å². The Morgan fingerprint density at radius 2 is 1.96 bits per heavy atom. The third-order valence-corrected chi connectivity index (χ3v) is 4.87. The molecule has 0 radical (unpaired) electrons. The van der Waals surface area contributed by atoms with Crippen molar-refractivity contribution in [1.82, 2.24) is 24.9 Å². The van der Waals surface area contributed by atoms with E-state index < -0.39 is 0 Å². The van der Waals surface area contributed by atoms with E-state index in [9.17, 15) is 0 Å². The zero-order chi connectivity index (χ0) is 16.2. The molecule has 0 N–H and O–H groups in total. The van der Waals surface area contributed by atoms with Gasteiger partial charge in [-0.3, -0.25) is 9.88 Å². The number of aromatic nitrogens is 3.